The number of carboxylic acid groups (broad SMARTS) is 1. The van der Waals surface area contributed by atoms with Gasteiger partial charge in [0.25, 0.3) is 0 Å². The Kier molecular flexibility index (Phi) is 10.7. The van der Waals surface area contributed by atoms with Crippen LogP contribution >= 0.6 is 0 Å². The lowest BCUT2D eigenvalue weighted by Crippen LogP contribution is -2.48. The standard InChI is InChI=1S/C28H42N4O2.C6H5F/c1-5-25-29-23(17-21-9-7-6-8-10-21)20-32(25)24-12-14-30(15-13-24)18-22-11-16-31(19-22)26(27(33)34)28(2,3)4;7-6-4-2-1-3-5-6/h6-10,20,22,24,26H,5,11-19H2,1-4H3,(H,33,34);1-5H. The number of rotatable bonds is 8. The van der Waals surface area contributed by atoms with Crippen molar-refractivity contribution in [3.63, 3.8) is 0 Å². The zero-order valence-electron chi connectivity index (χ0n) is 25.2. The Morgan fingerprint density at radius 3 is 2.17 bits per heavy atom. The minimum Gasteiger partial charge on any atom is -0.480 e. The second-order valence-corrected chi connectivity index (χ2v) is 12.7. The van der Waals surface area contributed by atoms with E-state index >= 15 is 0 Å². The van der Waals surface area contributed by atoms with Gasteiger partial charge < -0.3 is 14.6 Å². The fourth-order valence-corrected chi connectivity index (χ4v) is 6.44. The van der Waals surface area contributed by atoms with Gasteiger partial charge in [0, 0.05) is 51.3 Å². The van der Waals surface area contributed by atoms with Crippen LogP contribution in [0.2, 0.25) is 0 Å². The number of aromatic nitrogens is 2. The maximum Gasteiger partial charge on any atom is 0.321 e. The summed E-state index contributed by atoms with van der Waals surface area (Å²) in [5.74, 6) is 0.908. The van der Waals surface area contributed by atoms with E-state index in [9.17, 15) is 14.3 Å². The number of hydrogen-bond donors (Lipinski definition) is 1. The Bertz CT molecular complexity index is 1220. The van der Waals surface area contributed by atoms with Crippen LogP contribution in [0.3, 0.4) is 0 Å². The molecule has 2 saturated heterocycles. The Labute approximate surface area is 245 Å². The lowest BCUT2D eigenvalue weighted by atomic mass is 9.86. The number of nitrogens with zero attached hydrogens (tertiary/aromatic N) is 4. The predicted octanol–water partition coefficient (Wildman–Crippen LogP) is 6.32. The molecule has 3 aromatic rings. The summed E-state index contributed by atoms with van der Waals surface area (Å²) in [6.07, 6.45) is 7.56. The molecule has 2 fully saturated rings. The van der Waals surface area contributed by atoms with Crippen molar-refractivity contribution in [3.8, 4) is 0 Å². The van der Waals surface area contributed by atoms with Crippen LogP contribution in [0.4, 0.5) is 4.39 Å². The number of likely N-dealkylation sites (tertiary alicyclic amines) is 2. The third kappa shape index (κ3) is 8.73. The number of halogens is 1. The van der Waals surface area contributed by atoms with E-state index in [0.29, 0.717) is 12.0 Å². The summed E-state index contributed by atoms with van der Waals surface area (Å²) in [4.78, 5) is 21.7. The van der Waals surface area contributed by atoms with Gasteiger partial charge in [-0.1, -0.05) is 76.2 Å². The van der Waals surface area contributed by atoms with E-state index in [1.165, 1.54) is 29.2 Å². The zero-order chi connectivity index (χ0) is 29.4. The molecule has 222 valence electrons. The van der Waals surface area contributed by atoms with Crippen LogP contribution in [0, 0.1) is 17.2 Å². The SMILES string of the molecule is CCc1nc(Cc2ccccc2)cn1C1CCN(CC2CCN(C(C(=O)O)C(C)(C)C)C2)CC1.Fc1ccccc1. The Morgan fingerprint density at radius 2 is 1.63 bits per heavy atom. The van der Waals surface area contributed by atoms with E-state index in [1.807, 2.05) is 20.8 Å². The number of aryl methyl sites for hydroxylation is 1. The van der Waals surface area contributed by atoms with Crippen LogP contribution in [0.5, 0.6) is 0 Å². The molecule has 2 aliphatic rings. The first-order valence-electron chi connectivity index (χ1n) is 15.1. The third-order valence-electron chi connectivity index (χ3n) is 8.34. The molecular formula is C34H47FN4O2. The number of imidazole rings is 1. The minimum absolute atomic E-state index is 0.178. The summed E-state index contributed by atoms with van der Waals surface area (Å²) in [5, 5.41) is 9.78. The predicted molar refractivity (Wildman–Crippen MR) is 163 cm³/mol. The average Bonchev–Trinajstić information content (AvgIpc) is 3.56. The zero-order valence-corrected chi connectivity index (χ0v) is 25.2. The van der Waals surface area contributed by atoms with Crippen molar-refractivity contribution in [2.45, 2.75) is 71.9 Å². The van der Waals surface area contributed by atoms with Gasteiger partial charge in [-0.3, -0.25) is 9.69 Å². The number of benzene rings is 2. The first-order chi connectivity index (χ1) is 19.6. The molecule has 2 unspecified atom stereocenters. The molecule has 0 saturated carbocycles. The Hall–Kier alpha value is -3.03. The Morgan fingerprint density at radius 1 is 1.00 bits per heavy atom. The van der Waals surface area contributed by atoms with E-state index in [0.717, 1.165) is 64.8 Å². The van der Waals surface area contributed by atoms with Crippen LogP contribution in [0.25, 0.3) is 0 Å². The van der Waals surface area contributed by atoms with Crippen LogP contribution < -0.4 is 0 Å². The molecule has 0 aliphatic carbocycles. The number of hydrogen-bond acceptors (Lipinski definition) is 4. The number of carbonyl (C=O) groups is 1. The van der Waals surface area contributed by atoms with Crippen molar-refractivity contribution in [1.82, 2.24) is 19.4 Å². The molecule has 7 heteroatoms. The molecule has 1 aromatic heterocycles. The van der Waals surface area contributed by atoms with E-state index < -0.39 is 12.0 Å². The van der Waals surface area contributed by atoms with Gasteiger partial charge in [-0.15, -0.1) is 0 Å². The van der Waals surface area contributed by atoms with Crippen LogP contribution in [0.15, 0.2) is 66.9 Å². The fourth-order valence-electron chi connectivity index (χ4n) is 6.44. The summed E-state index contributed by atoms with van der Waals surface area (Å²) in [5.41, 5.74) is 2.23. The van der Waals surface area contributed by atoms with Gasteiger partial charge in [0.2, 0.25) is 0 Å². The number of aliphatic carboxylic acids is 1. The quantitative estimate of drug-likeness (QED) is 0.348. The minimum atomic E-state index is -0.687. The van der Waals surface area contributed by atoms with Gasteiger partial charge in [0.05, 0.1) is 5.69 Å². The first kappa shape index (κ1) is 30.9. The topological polar surface area (TPSA) is 61.6 Å². The van der Waals surface area contributed by atoms with E-state index in [1.54, 1.807) is 18.2 Å². The summed E-state index contributed by atoms with van der Waals surface area (Å²) >= 11 is 0. The fraction of sp³-hybridized carbons (Fsp3) is 0.529. The second-order valence-electron chi connectivity index (χ2n) is 12.7. The monoisotopic (exact) mass is 562 g/mol. The van der Waals surface area contributed by atoms with Crippen molar-refractivity contribution in [3.05, 3.63) is 89.8 Å². The van der Waals surface area contributed by atoms with Gasteiger partial charge in [0.15, 0.2) is 0 Å². The highest BCUT2D eigenvalue weighted by Gasteiger charge is 2.40. The average molecular weight is 563 g/mol. The van der Waals surface area contributed by atoms with E-state index in [2.05, 4.69) is 57.8 Å². The van der Waals surface area contributed by atoms with Gasteiger partial charge in [-0.25, -0.2) is 9.37 Å². The molecule has 2 aromatic carbocycles. The maximum atomic E-state index is 11.9. The smallest absolute Gasteiger partial charge is 0.321 e. The van der Waals surface area contributed by atoms with Crippen LogP contribution in [0.1, 0.15) is 70.1 Å². The van der Waals surface area contributed by atoms with Crippen molar-refractivity contribution < 1.29 is 14.3 Å². The Balaban J connectivity index is 0.000000483. The molecule has 2 atom stereocenters. The lowest BCUT2D eigenvalue weighted by Gasteiger charge is -2.36. The molecule has 0 spiro atoms. The van der Waals surface area contributed by atoms with Crippen molar-refractivity contribution in [1.29, 1.82) is 0 Å². The molecule has 0 bridgehead atoms. The summed E-state index contributed by atoms with van der Waals surface area (Å²) < 4.78 is 14.4. The van der Waals surface area contributed by atoms with Gasteiger partial charge >= 0.3 is 5.97 Å². The van der Waals surface area contributed by atoms with Crippen molar-refractivity contribution in [2.24, 2.45) is 11.3 Å². The van der Waals surface area contributed by atoms with Crippen LogP contribution in [-0.2, 0) is 17.6 Å². The third-order valence-corrected chi connectivity index (χ3v) is 8.34. The van der Waals surface area contributed by atoms with Crippen molar-refractivity contribution >= 4 is 5.97 Å². The molecule has 5 rings (SSSR count). The molecule has 0 amide bonds. The molecule has 2 aliphatic heterocycles. The highest BCUT2D eigenvalue weighted by Crippen LogP contribution is 2.31. The second kappa shape index (κ2) is 14.2. The van der Waals surface area contributed by atoms with E-state index in [-0.39, 0.29) is 11.2 Å². The summed E-state index contributed by atoms with van der Waals surface area (Å²) in [6.45, 7) is 13.4. The largest absolute Gasteiger partial charge is 0.480 e. The molecular weight excluding hydrogens is 515 g/mol. The van der Waals surface area contributed by atoms with Crippen molar-refractivity contribution in [2.75, 3.05) is 32.7 Å². The number of carboxylic acids is 1. The van der Waals surface area contributed by atoms with Gasteiger partial charge in [0.1, 0.15) is 17.7 Å². The van der Waals surface area contributed by atoms with Gasteiger partial charge in [-0.2, -0.15) is 0 Å². The highest BCUT2D eigenvalue weighted by atomic mass is 19.1. The maximum absolute atomic E-state index is 11.9. The highest BCUT2D eigenvalue weighted by molar-refractivity contribution is 5.74. The molecule has 3 heterocycles. The van der Waals surface area contributed by atoms with E-state index in [4.69, 9.17) is 4.98 Å². The first-order valence-corrected chi connectivity index (χ1v) is 15.1. The summed E-state index contributed by atoms with van der Waals surface area (Å²) in [6, 6.07) is 18.7. The lowest BCUT2D eigenvalue weighted by molar-refractivity contribution is -0.147. The molecule has 0 radical (unpaired) electrons. The number of piperidine rings is 1. The normalized spacial score (nSPS) is 19.5. The molecule has 1 N–H and O–H groups in total. The molecule has 6 nitrogen and oxygen atoms in total. The van der Waals surface area contributed by atoms with Gasteiger partial charge in [-0.05, 0) is 54.8 Å². The van der Waals surface area contributed by atoms with Crippen LogP contribution in [-0.4, -0.2) is 69.2 Å². The molecule has 41 heavy (non-hydrogen) atoms. The summed E-state index contributed by atoms with van der Waals surface area (Å²) in [7, 11) is 0.